The maximum Gasteiger partial charge on any atom is 0.0730 e. The third kappa shape index (κ3) is 2.83. The SMILES string of the molecule is NCc1ccccc1CCN1CCOC2CCCC21. The van der Waals surface area contributed by atoms with Crippen molar-refractivity contribution in [2.45, 2.75) is 44.4 Å². The monoisotopic (exact) mass is 260 g/mol. The van der Waals surface area contributed by atoms with Crippen LogP contribution in [0.5, 0.6) is 0 Å². The molecule has 0 amide bonds. The Bertz CT molecular complexity index is 421. The number of fused-ring (bicyclic) bond motifs is 1. The van der Waals surface area contributed by atoms with Crippen LogP contribution in [-0.2, 0) is 17.7 Å². The lowest BCUT2D eigenvalue weighted by Crippen LogP contribution is -2.49. The van der Waals surface area contributed by atoms with Crippen LogP contribution in [-0.4, -0.2) is 36.7 Å². The molecule has 0 radical (unpaired) electrons. The van der Waals surface area contributed by atoms with E-state index in [2.05, 4.69) is 29.2 Å². The third-order valence-electron chi connectivity index (χ3n) is 4.60. The van der Waals surface area contributed by atoms with Gasteiger partial charge in [-0.2, -0.15) is 0 Å². The van der Waals surface area contributed by atoms with Crippen LogP contribution in [0.25, 0.3) is 0 Å². The van der Waals surface area contributed by atoms with Gasteiger partial charge >= 0.3 is 0 Å². The highest BCUT2D eigenvalue weighted by Gasteiger charge is 2.35. The molecular formula is C16H24N2O. The van der Waals surface area contributed by atoms with E-state index in [0.717, 1.165) is 26.1 Å². The molecule has 3 heteroatoms. The second kappa shape index (κ2) is 6.04. The second-order valence-electron chi connectivity index (χ2n) is 5.67. The topological polar surface area (TPSA) is 38.5 Å². The summed E-state index contributed by atoms with van der Waals surface area (Å²) in [5, 5.41) is 0. The van der Waals surface area contributed by atoms with Crippen LogP contribution < -0.4 is 5.73 Å². The Balaban J connectivity index is 1.62. The fraction of sp³-hybridized carbons (Fsp3) is 0.625. The number of benzene rings is 1. The van der Waals surface area contributed by atoms with Gasteiger partial charge < -0.3 is 10.5 Å². The van der Waals surface area contributed by atoms with Crippen LogP contribution in [0.1, 0.15) is 30.4 Å². The third-order valence-corrected chi connectivity index (χ3v) is 4.60. The minimum Gasteiger partial charge on any atom is -0.375 e. The van der Waals surface area contributed by atoms with Crippen LogP contribution in [0.4, 0.5) is 0 Å². The molecule has 1 aromatic carbocycles. The molecule has 2 N–H and O–H groups in total. The molecule has 0 aromatic heterocycles. The molecule has 3 rings (SSSR count). The lowest BCUT2D eigenvalue weighted by Gasteiger charge is -2.37. The number of nitrogens with zero attached hydrogens (tertiary/aromatic N) is 1. The molecule has 0 bridgehead atoms. The first kappa shape index (κ1) is 13.1. The maximum atomic E-state index is 5.87. The number of rotatable bonds is 4. The molecule has 2 aliphatic rings. The van der Waals surface area contributed by atoms with E-state index in [4.69, 9.17) is 10.5 Å². The number of ether oxygens (including phenoxy) is 1. The first-order valence-corrected chi connectivity index (χ1v) is 7.51. The molecule has 2 unspecified atom stereocenters. The molecule has 1 aliphatic heterocycles. The molecule has 1 aromatic rings. The zero-order valence-corrected chi connectivity index (χ0v) is 11.6. The predicted octanol–water partition coefficient (Wildman–Crippen LogP) is 1.94. The molecule has 1 heterocycles. The summed E-state index contributed by atoms with van der Waals surface area (Å²) in [6.45, 7) is 3.78. The lowest BCUT2D eigenvalue weighted by molar-refractivity contribution is -0.0550. The van der Waals surface area contributed by atoms with E-state index in [1.165, 1.54) is 30.4 Å². The van der Waals surface area contributed by atoms with Crippen molar-refractivity contribution in [1.29, 1.82) is 0 Å². The smallest absolute Gasteiger partial charge is 0.0730 e. The Morgan fingerprint density at radius 2 is 2.05 bits per heavy atom. The first-order chi connectivity index (χ1) is 9.38. The van der Waals surface area contributed by atoms with E-state index >= 15 is 0 Å². The highest BCUT2D eigenvalue weighted by molar-refractivity contribution is 5.27. The van der Waals surface area contributed by atoms with E-state index < -0.39 is 0 Å². The van der Waals surface area contributed by atoms with Gasteiger partial charge in [0, 0.05) is 25.7 Å². The quantitative estimate of drug-likeness (QED) is 0.899. The summed E-state index contributed by atoms with van der Waals surface area (Å²) in [5.41, 5.74) is 8.51. The van der Waals surface area contributed by atoms with Crippen molar-refractivity contribution in [3.63, 3.8) is 0 Å². The molecular weight excluding hydrogens is 236 g/mol. The van der Waals surface area contributed by atoms with Crippen molar-refractivity contribution in [1.82, 2.24) is 4.90 Å². The summed E-state index contributed by atoms with van der Waals surface area (Å²) in [4.78, 5) is 2.63. The van der Waals surface area contributed by atoms with Crippen LogP contribution in [0.15, 0.2) is 24.3 Å². The van der Waals surface area contributed by atoms with Crippen molar-refractivity contribution in [3.05, 3.63) is 35.4 Å². The van der Waals surface area contributed by atoms with E-state index in [0.29, 0.717) is 18.7 Å². The average Bonchev–Trinajstić information content (AvgIpc) is 2.94. The Labute approximate surface area is 115 Å². The molecule has 2 fully saturated rings. The second-order valence-corrected chi connectivity index (χ2v) is 5.67. The number of hydrogen-bond acceptors (Lipinski definition) is 3. The summed E-state index contributed by atoms with van der Waals surface area (Å²) in [5.74, 6) is 0. The van der Waals surface area contributed by atoms with Crippen molar-refractivity contribution < 1.29 is 4.74 Å². The summed E-state index contributed by atoms with van der Waals surface area (Å²) in [7, 11) is 0. The molecule has 2 atom stereocenters. The minimum absolute atomic E-state index is 0.499. The standard InChI is InChI=1S/C16H24N2O/c17-12-14-5-2-1-4-13(14)8-9-18-10-11-19-16-7-3-6-15(16)18/h1-2,4-5,15-16H,3,6-12,17H2. The van der Waals surface area contributed by atoms with Crippen LogP contribution in [0.2, 0.25) is 0 Å². The van der Waals surface area contributed by atoms with Gasteiger partial charge in [-0.05, 0) is 36.8 Å². The molecule has 104 valence electrons. The molecule has 3 nitrogen and oxygen atoms in total. The summed E-state index contributed by atoms with van der Waals surface area (Å²) in [6, 6.07) is 9.22. The van der Waals surface area contributed by atoms with Crippen molar-refractivity contribution in [3.8, 4) is 0 Å². The summed E-state index contributed by atoms with van der Waals surface area (Å²) in [6.07, 6.45) is 5.49. The van der Waals surface area contributed by atoms with Crippen LogP contribution >= 0.6 is 0 Å². The predicted molar refractivity (Wildman–Crippen MR) is 77.0 cm³/mol. The van der Waals surface area contributed by atoms with Gasteiger partial charge in [0.25, 0.3) is 0 Å². The Kier molecular flexibility index (Phi) is 4.16. The number of nitrogens with two attached hydrogens (primary N) is 1. The van der Waals surface area contributed by atoms with Gasteiger partial charge in [0.15, 0.2) is 0 Å². The molecule has 1 aliphatic carbocycles. The first-order valence-electron chi connectivity index (χ1n) is 7.51. The highest BCUT2D eigenvalue weighted by atomic mass is 16.5. The fourth-order valence-corrected chi connectivity index (χ4v) is 3.55. The molecule has 1 saturated heterocycles. The normalized spacial score (nSPS) is 27.4. The van der Waals surface area contributed by atoms with E-state index in [1.54, 1.807) is 0 Å². The largest absolute Gasteiger partial charge is 0.375 e. The minimum atomic E-state index is 0.499. The summed E-state index contributed by atoms with van der Waals surface area (Å²) < 4.78 is 5.87. The Morgan fingerprint density at radius 1 is 1.21 bits per heavy atom. The van der Waals surface area contributed by atoms with E-state index in [-0.39, 0.29) is 0 Å². The van der Waals surface area contributed by atoms with E-state index in [9.17, 15) is 0 Å². The van der Waals surface area contributed by atoms with Gasteiger partial charge in [0.05, 0.1) is 12.7 Å². The summed E-state index contributed by atoms with van der Waals surface area (Å²) >= 11 is 0. The van der Waals surface area contributed by atoms with Crippen LogP contribution in [0, 0.1) is 0 Å². The molecule has 0 spiro atoms. The van der Waals surface area contributed by atoms with Gasteiger partial charge in [-0.3, -0.25) is 4.90 Å². The van der Waals surface area contributed by atoms with Crippen molar-refractivity contribution in [2.24, 2.45) is 5.73 Å². The van der Waals surface area contributed by atoms with Gasteiger partial charge in [-0.25, -0.2) is 0 Å². The average molecular weight is 260 g/mol. The Hall–Kier alpha value is -0.900. The Morgan fingerprint density at radius 3 is 2.89 bits per heavy atom. The number of hydrogen-bond donors (Lipinski definition) is 1. The van der Waals surface area contributed by atoms with Crippen molar-refractivity contribution in [2.75, 3.05) is 19.7 Å². The zero-order valence-electron chi connectivity index (χ0n) is 11.6. The van der Waals surface area contributed by atoms with Gasteiger partial charge in [0.2, 0.25) is 0 Å². The number of morpholine rings is 1. The van der Waals surface area contributed by atoms with Gasteiger partial charge in [0.1, 0.15) is 0 Å². The fourth-order valence-electron chi connectivity index (χ4n) is 3.55. The lowest BCUT2D eigenvalue weighted by atomic mass is 10.0. The zero-order chi connectivity index (χ0) is 13.1. The van der Waals surface area contributed by atoms with E-state index in [1.807, 2.05) is 0 Å². The molecule has 1 saturated carbocycles. The highest BCUT2D eigenvalue weighted by Crippen LogP contribution is 2.29. The van der Waals surface area contributed by atoms with Gasteiger partial charge in [-0.15, -0.1) is 0 Å². The van der Waals surface area contributed by atoms with Gasteiger partial charge in [-0.1, -0.05) is 24.3 Å². The van der Waals surface area contributed by atoms with Crippen molar-refractivity contribution >= 4 is 0 Å². The van der Waals surface area contributed by atoms with Crippen LogP contribution in [0.3, 0.4) is 0 Å². The maximum absolute atomic E-state index is 5.87. The molecule has 19 heavy (non-hydrogen) atoms.